The van der Waals surface area contributed by atoms with Crippen LogP contribution in [0.25, 0.3) is 0 Å². The maximum absolute atomic E-state index is 8.62. The Hall–Kier alpha value is -1.60. The number of hydrogen-bond donors (Lipinski definition) is 1. The van der Waals surface area contributed by atoms with Crippen molar-refractivity contribution in [2.24, 2.45) is 0 Å². The lowest BCUT2D eigenvalue weighted by molar-refractivity contribution is 0.314. The molecule has 0 atom stereocenters. The van der Waals surface area contributed by atoms with Crippen LogP contribution in [0.5, 0.6) is 5.75 Å². The molecular weight excluding hydrogens is 190 g/mol. The zero-order chi connectivity index (χ0) is 10.9. The summed E-state index contributed by atoms with van der Waals surface area (Å²) in [6.45, 7) is 4.55. The maximum atomic E-state index is 8.62. The maximum Gasteiger partial charge on any atom is 0.144 e. The molecule has 0 spiro atoms. The van der Waals surface area contributed by atoms with Crippen LogP contribution in [0, 0.1) is 11.3 Å². The van der Waals surface area contributed by atoms with Gasteiger partial charge in [0.25, 0.3) is 0 Å². The van der Waals surface area contributed by atoms with Gasteiger partial charge in [-0.05, 0) is 19.0 Å². The third kappa shape index (κ3) is 4.43. The number of rotatable bonds is 6. The Morgan fingerprint density at radius 2 is 2.40 bits per heavy atom. The van der Waals surface area contributed by atoms with Crippen LogP contribution in [0.2, 0.25) is 0 Å². The molecule has 80 valence electrons. The van der Waals surface area contributed by atoms with Crippen molar-refractivity contribution in [1.82, 2.24) is 10.3 Å². The minimum absolute atomic E-state index is 0.383. The minimum Gasteiger partial charge on any atom is -0.492 e. The summed E-state index contributed by atoms with van der Waals surface area (Å²) in [4.78, 5) is 3.86. The molecule has 1 rings (SSSR count). The molecule has 0 saturated heterocycles. The van der Waals surface area contributed by atoms with Gasteiger partial charge in [0.1, 0.15) is 24.1 Å². The first kappa shape index (κ1) is 11.5. The van der Waals surface area contributed by atoms with Crippen molar-refractivity contribution >= 4 is 0 Å². The van der Waals surface area contributed by atoms with Gasteiger partial charge in [0.2, 0.25) is 0 Å². The smallest absolute Gasteiger partial charge is 0.144 e. The number of ether oxygens (including phenoxy) is 1. The summed E-state index contributed by atoms with van der Waals surface area (Å²) in [6, 6.07) is 5.36. The second-order valence-electron chi connectivity index (χ2n) is 3.09. The molecule has 0 unspecified atom stereocenters. The summed E-state index contributed by atoms with van der Waals surface area (Å²) in [5, 5.41) is 11.9. The van der Waals surface area contributed by atoms with Gasteiger partial charge in [-0.25, -0.2) is 4.98 Å². The molecule has 1 aromatic rings. The molecule has 0 aliphatic rings. The molecule has 1 aromatic heterocycles. The molecule has 15 heavy (non-hydrogen) atoms. The van der Waals surface area contributed by atoms with Crippen LogP contribution in [-0.2, 0) is 0 Å². The highest BCUT2D eigenvalue weighted by Crippen LogP contribution is 2.09. The van der Waals surface area contributed by atoms with E-state index in [2.05, 4.69) is 17.2 Å². The molecule has 0 amide bonds. The van der Waals surface area contributed by atoms with Gasteiger partial charge >= 0.3 is 0 Å². The van der Waals surface area contributed by atoms with Gasteiger partial charge in [0.05, 0.1) is 0 Å². The average Bonchev–Trinajstić information content (AvgIpc) is 2.29. The SMILES string of the molecule is CCCNCCOc1ccnc(C#N)c1. The van der Waals surface area contributed by atoms with Gasteiger partial charge in [-0.15, -0.1) is 0 Å². The normalized spacial score (nSPS) is 9.60. The standard InChI is InChI=1S/C11H15N3O/c1-2-4-13-6-7-15-11-3-5-14-10(8-11)9-12/h3,5,8,13H,2,4,6-7H2,1H3. The van der Waals surface area contributed by atoms with E-state index >= 15 is 0 Å². The van der Waals surface area contributed by atoms with Crippen LogP contribution in [0.15, 0.2) is 18.3 Å². The van der Waals surface area contributed by atoms with E-state index in [-0.39, 0.29) is 0 Å². The van der Waals surface area contributed by atoms with E-state index in [9.17, 15) is 0 Å². The molecule has 4 heteroatoms. The van der Waals surface area contributed by atoms with Crippen LogP contribution in [0.3, 0.4) is 0 Å². The molecule has 0 fully saturated rings. The minimum atomic E-state index is 0.383. The van der Waals surface area contributed by atoms with Gasteiger partial charge in [-0.3, -0.25) is 0 Å². The topological polar surface area (TPSA) is 57.9 Å². The van der Waals surface area contributed by atoms with Gasteiger partial charge in [-0.2, -0.15) is 5.26 Å². The molecule has 0 aromatic carbocycles. The zero-order valence-electron chi connectivity index (χ0n) is 8.86. The number of nitrogens with one attached hydrogen (secondary N) is 1. The summed E-state index contributed by atoms with van der Waals surface area (Å²) in [7, 11) is 0. The van der Waals surface area contributed by atoms with E-state index in [4.69, 9.17) is 10.00 Å². The highest BCUT2D eigenvalue weighted by atomic mass is 16.5. The van der Waals surface area contributed by atoms with Crippen molar-refractivity contribution in [3.05, 3.63) is 24.0 Å². The number of aromatic nitrogens is 1. The number of nitrogens with zero attached hydrogens (tertiary/aromatic N) is 2. The fourth-order valence-corrected chi connectivity index (χ4v) is 1.10. The molecule has 0 aliphatic heterocycles. The van der Waals surface area contributed by atoms with Crippen LogP contribution in [-0.4, -0.2) is 24.7 Å². The Bertz CT molecular complexity index is 333. The molecule has 0 bridgehead atoms. The molecular formula is C11H15N3O. The fourth-order valence-electron chi connectivity index (χ4n) is 1.10. The quantitative estimate of drug-likeness (QED) is 0.712. The molecule has 0 radical (unpaired) electrons. The third-order valence-electron chi connectivity index (χ3n) is 1.82. The van der Waals surface area contributed by atoms with Crippen LogP contribution in [0.4, 0.5) is 0 Å². The van der Waals surface area contributed by atoms with Crippen molar-refractivity contribution in [3.63, 3.8) is 0 Å². The van der Waals surface area contributed by atoms with E-state index in [0.717, 1.165) is 19.5 Å². The highest BCUT2D eigenvalue weighted by Gasteiger charge is 1.96. The molecule has 0 saturated carbocycles. The second-order valence-corrected chi connectivity index (χ2v) is 3.09. The summed E-state index contributed by atoms with van der Waals surface area (Å²) in [6.07, 6.45) is 2.70. The van der Waals surface area contributed by atoms with Crippen LogP contribution >= 0.6 is 0 Å². The van der Waals surface area contributed by atoms with Gasteiger partial charge in [-0.1, -0.05) is 6.92 Å². The van der Waals surface area contributed by atoms with Crippen molar-refractivity contribution in [2.45, 2.75) is 13.3 Å². The van der Waals surface area contributed by atoms with Gasteiger partial charge in [0, 0.05) is 18.8 Å². The Morgan fingerprint density at radius 1 is 1.53 bits per heavy atom. The second kappa shape index (κ2) is 6.80. The van der Waals surface area contributed by atoms with Crippen molar-refractivity contribution in [1.29, 1.82) is 5.26 Å². The Kier molecular flexibility index (Phi) is 5.20. The van der Waals surface area contributed by atoms with Crippen molar-refractivity contribution < 1.29 is 4.74 Å². The lowest BCUT2D eigenvalue weighted by Gasteiger charge is -2.06. The van der Waals surface area contributed by atoms with Crippen LogP contribution in [0.1, 0.15) is 19.0 Å². The summed E-state index contributed by atoms with van der Waals surface area (Å²) in [5.41, 5.74) is 0.383. The first-order valence-corrected chi connectivity index (χ1v) is 5.06. The predicted molar refractivity (Wildman–Crippen MR) is 57.6 cm³/mol. The van der Waals surface area contributed by atoms with Crippen LogP contribution < -0.4 is 10.1 Å². The summed E-state index contributed by atoms with van der Waals surface area (Å²) in [5.74, 6) is 0.694. The molecule has 4 nitrogen and oxygen atoms in total. The first-order valence-electron chi connectivity index (χ1n) is 5.06. The Morgan fingerprint density at radius 3 is 3.13 bits per heavy atom. The molecule has 1 heterocycles. The van der Waals surface area contributed by atoms with E-state index in [1.165, 1.54) is 0 Å². The van der Waals surface area contributed by atoms with E-state index in [1.54, 1.807) is 18.3 Å². The number of pyridine rings is 1. The zero-order valence-corrected chi connectivity index (χ0v) is 8.86. The van der Waals surface area contributed by atoms with E-state index in [0.29, 0.717) is 18.1 Å². The average molecular weight is 205 g/mol. The largest absolute Gasteiger partial charge is 0.492 e. The first-order chi connectivity index (χ1) is 7.36. The fraction of sp³-hybridized carbons (Fsp3) is 0.455. The summed E-state index contributed by atoms with van der Waals surface area (Å²) < 4.78 is 5.44. The number of hydrogen-bond acceptors (Lipinski definition) is 4. The molecule has 1 N–H and O–H groups in total. The Balaban J connectivity index is 2.28. The lowest BCUT2D eigenvalue weighted by Crippen LogP contribution is -2.21. The van der Waals surface area contributed by atoms with Crippen molar-refractivity contribution in [2.75, 3.05) is 19.7 Å². The highest BCUT2D eigenvalue weighted by molar-refractivity contribution is 5.29. The Labute approximate surface area is 89.9 Å². The monoisotopic (exact) mass is 205 g/mol. The van der Waals surface area contributed by atoms with Gasteiger partial charge < -0.3 is 10.1 Å². The summed E-state index contributed by atoms with van der Waals surface area (Å²) >= 11 is 0. The third-order valence-corrected chi connectivity index (χ3v) is 1.82. The van der Waals surface area contributed by atoms with Gasteiger partial charge in [0.15, 0.2) is 0 Å². The lowest BCUT2D eigenvalue weighted by atomic mass is 10.3. The van der Waals surface area contributed by atoms with E-state index < -0.39 is 0 Å². The molecule has 0 aliphatic carbocycles. The predicted octanol–water partition coefficient (Wildman–Crippen LogP) is 1.33. The van der Waals surface area contributed by atoms with Crippen molar-refractivity contribution in [3.8, 4) is 11.8 Å². The number of nitriles is 1. The van der Waals surface area contributed by atoms with E-state index in [1.807, 2.05) is 6.07 Å².